The first-order valence-electron chi connectivity index (χ1n) is 6.37. The van der Waals surface area contributed by atoms with Crippen LogP contribution < -0.4 is 10.5 Å². The number of hydrogen-bond acceptors (Lipinski definition) is 3. The van der Waals surface area contributed by atoms with Gasteiger partial charge in [-0.2, -0.15) is 0 Å². The number of anilines is 1. The molecule has 2 N–H and O–H groups in total. The maximum atomic E-state index is 13.6. The average Bonchev–Trinajstić information content (AvgIpc) is 2.64. The predicted octanol–water partition coefficient (Wildman–Crippen LogP) is 3.20. The Morgan fingerprint density at radius 1 is 1.42 bits per heavy atom. The molecule has 0 saturated carbocycles. The van der Waals surface area contributed by atoms with Crippen LogP contribution in [0.1, 0.15) is 27.2 Å². The van der Waals surface area contributed by atoms with Gasteiger partial charge in [-0.3, -0.25) is 0 Å². The van der Waals surface area contributed by atoms with E-state index in [9.17, 15) is 4.39 Å². The first-order chi connectivity index (χ1) is 8.88. The van der Waals surface area contributed by atoms with Gasteiger partial charge in [0.05, 0.1) is 18.1 Å². The molecule has 0 aliphatic rings. The lowest BCUT2D eigenvalue weighted by Gasteiger charge is -2.24. The molecular weight excluding hydrogens is 245 g/mol. The second kappa shape index (κ2) is 4.72. The number of halogens is 1. The fourth-order valence-electron chi connectivity index (χ4n) is 2.01. The van der Waals surface area contributed by atoms with Crippen molar-refractivity contribution < 1.29 is 9.13 Å². The number of fused-ring (bicyclic) bond motifs is 1. The molecule has 0 aliphatic heterocycles. The van der Waals surface area contributed by atoms with Crippen LogP contribution in [0.15, 0.2) is 12.1 Å². The van der Waals surface area contributed by atoms with Gasteiger partial charge in [-0.25, -0.2) is 9.37 Å². The van der Waals surface area contributed by atoms with Crippen molar-refractivity contribution in [3.8, 4) is 5.75 Å². The molecule has 0 bridgehead atoms. The summed E-state index contributed by atoms with van der Waals surface area (Å²) < 4.78 is 20.6. The van der Waals surface area contributed by atoms with Gasteiger partial charge < -0.3 is 15.0 Å². The molecule has 104 valence electrons. The summed E-state index contributed by atoms with van der Waals surface area (Å²) in [4.78, 5) is 4.21. The Morgan fingerprint density at radius 2 is 2.11 bits per heavy atom. The molecule has 2 rings (SSSR count). The molecule has 0 radical (unpaired) electrons. The number of nitrogens with two attached hydrogens (primary N) is 1. The Kier molecular flexibility index (Phi) is 3.39. The minimum absolute atomic E-state index is 0.101. The van der Waals surface area contributed by atoms with Crippen LogP contribution in [0.5, 0.6) is 5.75 Å². The maximum absolute atomic E-state index is 13.6. The van der Waals surface area contributed by atoms with Gasteiger partial charge in [0.15, 0.2) is 11.6 Å². The number of benzene rings is 1. The highest BCUT2D eigenvalue weighted by Crippen LogP contribution is 2.30. The van der Waals surface area contributed by atoms with E-state index in [1.54, 1.807) is 6.07 Å². The molecule has 1 aromatic heterocycles. The molecule has 0 spiro atoms. The summed E-state index contributed by atoms with van der Waals surface area (Å²) in [5.74, 6) is 0.196. The number of nitrogen functional groups attached to an aromatic ring is 1. The molecule has 0 amide bonds. The maximum Gasteiger partial charge on any atom is 0.201 e. The third-order valence-electron chi connectivity index (χ3n) is 3.59. The minimum Gasteiger partial charge on any atom is -0.494 e. The fraction of sp³-hybridized carbons (Fsp3) is 0.500. The van der Waals surface area contributed by atoms with Gasteiger partial charge in [0, 0.05) is 18.7 Å². The van der Waals surface area contributed by atoms with E-state index >= 15 is 0 Å². The molecule has 19 heavy (non-hydrogen) atoms. The average molecular weight is 265 g/mol. The number of ether oxygens (including phenoxy) is 1. The van der Waals surface area contributed by atoms with E-state index in [0.29, 0.717) is 11.5 Å². The molecule has 0 unspecified atom stereocenters. The summed E-state index contributed by atoms with van der Waals surface area (Å²) in [6.07, 6.45) is 1.02. The smallest absolute Gasteiger partial charge is 0.201 e. The van der Waals surface area contributed by atoms with Crippen LogP contribution in [-0.4, -0.2) is 16.7 Å². The Hall–Kier alpha value is -1.78. The summed E-state index contributed by atoms with van der Waals surface area (Å²) in [7, 11) is 1.45. The van der Waals surface area contributed by atoms with Crippen molar-refractivity contribution >= 4 is 17.0 Å². The Labute approximate surface area is 112 Å². The summed E-state index contributed by atoms with van der Waals surface area (Å²) in [5, 5.41) is 0. The second-order valence-corrected chi connectivity index (χ2v) is 5.55. The third kappa shape index (κ3) is 2.50. The lowest BCUT2D eigenvalue weighted by Crippen LogP contribution is -2.19. The summed E-state index contributed by atoms with van der Waals surface area (Å²) in [6, 6.07) is 3.01. The van der Waals surface area contributed by atoms with Gasteiger partial charge in [-0.15, -0.1) is 0 Å². The number of hydrogen-bond donors (Lipinski definition) is 1. The van der Waals surface area contributed by atoms with Gasteiger partial charge in [-0.05, 0) is 11.8 Å². The molecule has 5 heteroatoms. The summed E-state index contributed by atoms with van der Waals surface area (Å²) >= 11 is 0. The first-order valence-corrected chi connectivity index (χ1v) is 6.37. The molecule has 0 fully saturated rings. The van der Waals surface area contributed by atoms with E-state index in [2.05, 4.69) is 25.8 Å². The predicted molar refractivity (Wildman–Crippen MR) is 74.7 cm³/mol. The van der Waals surface area contributed by atoms with Gasteiger partial charge >= 0.3 is 0 Å². The number of rotatable bonds is 4. The van der Waals surface area contributed by atoms with E-state index in [0.717, 1.165) is 18.5 Å². The topological polar surface area (TPSA) is 53.1 Å². The lowest BCUT2D eigenvalue weighted by atomic mass is 9.90. The zero-order valence-electron chi connectivity index (χ0n) is 11.8. The zero-order valence-corrected chi connectivity index (χ0v) is 11.8. The standard InChI is InChI=1S/C14H20FN3O/c1-5-14(2,3)8-18-11-7-12(19-4)9(15)6-10(11)17-13(18)16/h6-7H,5,8H2,1-4H3,(H2,16,17). The summed E-state index contributed by atoms with van der Waals surface area (Å²) in [5.41, 5.74) is 7.41. The molecule has 1 aromatic carbocycles. The normalized spacial score (nSPS) is 12.1. The zero-order chi connectivity index (χ0) is 14.2. The molecule has 2 aromatic rings. The van der Waals surface area contributed by atoms with E-state index in [1.165, 1.54) is 13.2 Å². The van der Waals surface area contributed by atoms with E-state index in [4.69, 9.17) is 10.5 Å². The number of imidazole rings is 1. The van der Waals surface area contributed by atoms with Crippen molar-refractivity contribution in [2.24, 2.45) is 5.41 Å². The fourth-order valence-corrected chi connectivity index (χ4v) is 2.01. The minimum atomic E-state index is -0.422. The van der Waals surface area contributed by atoms with E-state index in [-0.39, 0.29) is 11.2 Å². The van der Waals surface area contributed by atoms with Crippen LogP contribution in [-0.2, 0) is 6.54 Å². The Bertz CT molecular complexity index is 604. The molecular formula is C14H20FN3O. The van der Waals surface area contributed by atoms with Crippen LogP contribution in [0.4, 0.5) is 10.3 Å². The SMILES string of the molecule is CCC(C)(C)Cn1c(N)nc2cc(F)c(OC)cc21. The van der Waals surface area contributed by atoms with Crippen LogP contribution in [0, 0.1) is 11.2 Å². The van der Waals surface area contributed by atoms with Crippen molar-refractivity contribution in [1.82, 2.24) is 9.55 Å². The molecule has 0 aliphatic carbocycles. The van der Waals surface area contributed by atoms with Gasteiger partial charge in [0.1, 0.15) is 0 Å². The monoisotopic (exact) mass is 265 g/mol. The van der Waals surface area contributed by atoms with E-state index in [1.807, 2.05) is 4.57 Å². The number of aromatic nitrogens is 2. The second-order valence-electron chi connectivity index (χ2n) is 5.55. The molecule has 0 saturated heterocycles. The van der Waals surface area contributed by atoms with E-state index < -0.39 is 5.82 Å². The van der Waals surface area contributed by atoms with Crippen LogP contribution >= 0.6 is 0 Å². The van der Waals surface area contributed by atoms with Crippen LogP contribution in [0.25, 0.3) is 11.0 Å². The van der Waals surface area contributed by atoms with Gasteiger partial charge in [0.25, 0.3) is 0 Å². The van der Waals surface area contributed by atoms with Crippen LogP contribution in [0.2, 0.25) is 0 Å². The highest BCUT2D eigenvalue weighted by molar-refractivity contribution is 5.80. The molecule has 4 nitrogen and oxygen atoms in total. The Morgan fingerprint density at radius 3 is 2.68 bits per heavy atom. The molecule has 1 heterocycles. The molecule has 0 atom stereocenters. The Balaban J connectivity index is 2.57. The summed E-state index contributed by atoms with van der Waals surface area (Å²) in [6.45, 7) is 7.20. The quantitative estimate of drug-likeness (QED) is 0.923. The van der Waals surface area contributed by atoms with Crippen molar-refractivity contribution in [2.45, 2.75) is 33.7 Å². The van der Waals surface area contributed by atoms with Crippen molar-refractivity contribution in [3.63, 3.8) is 0 Å². The largest absolute Gasteiger partial charge is 0.494 e. The first kappa shape index (κ1) is 13.6. The highest BCUT2D eigenvalue weighted by Gasteiger charge is 2.20. The van der Waals surface area contributed by atoms with Gasteiger partial charge in [-0.1, -0.05) is 20.8 Å². The van der Waals surface area contributed by atoms with Crippen molar-refractivity contribution in [2.75, 3.05) is 12.8 Å². The third-order valence-corrected chi connectivity index (χ3v) is 3.59. The number of nitrogens with zero attached hydrogens (tertiary/aromatic N) is 2. The van der Waals surface area contributed by atoms with Gasteiger partial charge in [0.2, 0.25) is 5.95 Å². The van der Waals surface area contributed by atoms with Crippen LogP contribution in [0.3, 0.4) is 0 Å². The number of methoxy groups -OCH3 is 1. The van der Waals surface area contributed by atoms with Crippen molar-refractivity contribution in [3.05, 3.63) is 17.9 Å². The highest BCUT2D eigenvalue weighted by atomic mass is 19.1. The van der Waals surface area contributed by atoms with Crippen molar-refractivity contribution in [1.29, 1.82) is 0 Å². The lowest BCUT2D eigenvalue weighted by molar-refractivity contribution is 0.300.